The molecule has 0 saturated carbocycles. The maximum atomic E-state index is 12.0. The molecule has 20 heavy (non-hydrogen) atoms. The first-order valence-corrected chi connectivity index (χ1v) is 5.84. The van der Waals surface area contributed by atoms with Crippen LogP contribution in [0.1, 0.15) is 18.9 Å². The van der Waals surface area contributed by atoms with Crippen molar-refractivity contribution in [1.29, 1.82) is 0 Å². The summed E-state index contributed by atoms with van der Waals surface area (Å²) >= 11 is 0. The summed E-state index contributed by atoms with van der Waals surface area (Å²) in [4.78, 5) is 10.6. The number of nitrogen functional groups attached to an aromatic ring is 1. The maximum Gasteiger partial charge on any atom is 0.573 e. The van der Waals surface area contributed by atoms with Gasteiger partial charge in [0.2, 0.25) is 5.91 Å². The Hall–Kier alpha value is -2.18. The van der Waals surface area contributed by atoms with Crippen molar-refractivity contribution >= 4 is 17.7 Å². The van der Waals surface area contributed by atoms with Crippen molar-refractivity contribution in [3.63, 3.8) is 0 Å². The molecule has 1 aromatic carbocycles. The number of alkyl halides is 3. The number of amides is 1. The summed E-state index contributed by atoms with van der Waals surface area (Å²) in [6.45, 7) is 1.90. The molecular formula is C13H15F3N2O2. The predicted molar refractivity (Wildman–Crippen MR) is 69.9 cm³/mol. The maximum absolute atomic E-state index is 12.0. The first-order chi connectivity index (χ1) is 9.28. The third-order valence-corrected chi connectivity index (χ3v) is 2.27. The van der Waals surface area contributed by atoms with Gasteiger partial charge in [-0.2, -0.15) is 0 Å². The zero-order valence-electron chi connectivity index (χ0n) is 10.8. The summed E-state index contributed by atoms with van der Waals surface area (Å²) < 4.78 is 39.8. The molecule has 0 radical (unpaired) electrons. The van der Waals surface area contributed by atoms with Gasteiger partial charge in [-0.25, -0.2) is 0 Å². The standard InChI is InChI=1S/C13H15F3N2O2/c1-9(19)18-7-3-2-4-10-5-6-11(8-12(10)17)20-13(14,15)16/h2,4-6,8H,3,7,17H2,1H3,(H,18,19). The van der Waals surface area contributed by atoms with Gasteiger partial charge < -0.3 is 15.8 Å². The van der Waals surface area contributed by atoms with Crippen molar-refractivity contribution in [2.45, 2.75) is 19.7 Å². The summed E-state index contributed by atoms with van der Waals surface area (Å²) in [5.74, 6) is -0.475. The number of nitrogens with one attached hydrogen (secondary N) is 1. The van der Waals surface area contributed by atoms with Crippen LogP contribution in [0.4, 0.5) is 18.9 Å². The second-order valence-electron chi connectivity index (χ2n) is 4.01. The van der Waals surface area contributed by atoms with Crippen molar-refractivity contribution in [3.8, 4) is 5.75 Å². The molecule has 0 aliphatic carbocycles. The van der Waals surface area contributed by atoms with Crippen molar-refractivity contribution in [2.75, 3.05) is 12.3 Å². The van der Waals surface area contributed by atoms with Gasteiger partial charge in [0.1, 0.15) is 5.75 Å². The molecule has 0 spiro atoms. The highest BCUT2D eigenvalue weighted by atomic mass is 19.4. The third-order valence-electron chi connectivity index (χ3n) is 2.27. The fraction of sp³-hybridized carbons (Fsp3) is 0.308. The zero-order valence-corrected chi connectivity index (χ0v) is 10.8. The normalized spacial score (nSPS) is 11.6. The fourth-order valence-electron chi connectivity index (χ4n) is 1.44. The van der Waals surface area contributed by atoms with Crippen LogP contribution in [0.5, 0.6) is 5.75 Å². The highest BCUT2D eigenvalue weighted by Gasteiger charge is 2.31. The third kappa shape index (κ3) is 6.12. The molecule has 4 nitrogen and oxygen atoms in total. The van der Waals surface area contributed by atoms with Gasteiger partial charge in [-0.15, -0.1) is 13.2 Å². The Morgan fingerprint density at radius 1 is 1.45 bits per heavy atom. The summed E-state index contributed by atoms with van der Waals surface area (Å²) in [7, 11) is 0. The van der Waals surface area contributed by atoms with Gasteiger partial charge in [0.15, 0.2) is 0 Å². The number of carbonyl (C=O) groups is 1. The van der Waals surface area contributed by atoms with E-state index in [1.54, 1.807) is 12.2 Å². The van der Waals surface area contributed by atoms with Crippen LogP contribution in [0.3, 0.4) is 0 Å². The zero-order chi connectivity index (χ0) is 15.2. The number of nitrogens with two attached hydrogens (primary N) is 1. The van der Waals surface area contributed by atoms with Gasteiger partial charge in [0.25, 0.3) is 0 Å². The van der Waals surface area contributed by atoms with Gasteiger partial charge in [0, 0.05) is 25.2 Å². The predicted octanol–water partition coefficient (Wildman–Crippen LogP) is 2.71. The Kier molecular flexibility index (Phi) is 5.42. The number of carbonyl (C=O) groups excluding carboxylic acids is 1. The first kappa shape index (κ1) is 15.9. The number of anilines is 1. The van der Waals surface area contributed by atoms with Crippen molar-refractivity contribution in [2.24, 2.45) is 0 Å². The van der Waals surface area contributed by atoms with E-state index < -0.39 is 6.36 Å². The Morgan fingerprint density at radius 2 is 2.15 bits per heavy atom. The molecule has 3 N–H and O–H groups in total. The lowest BCUT2D eigenvalue weighted by molar-refractivity contribution is -0.274. The average Bonchev–Trinajstić information content (AvgIpc) is 2.28. The van der Waals surface area contributed by atoms with Crippen LogP contribution >= 0.6 is 0 Å². The molecule has 0 fully saturated rings. The molecule has 0 unspecified atom stereocenters. The molecule has 0 aliphatic rings. The summed E-state index contributed by atoms with van der Waals surface area (Å²) in [5, 5.41) is 2.61. The second kappa shape index (κ2) is 6.83. The number of ether oxygens (including phenoxy) is 1. The van der Waals surface area contributed by atoms with E-state index in [9.17, 15) is 18.0 Å². The molecule has 0 aliphatic heterocycles. The molecule has 0 heterocycles. The van der Waals surface area contributed by atoms with Gasteiger partial charge in [-0.3, -0.25) is 4.79 Å². The van der Waals surface area contributed by atoms with E-state index in [2.05, 4.69) is 10.1 Å². The lowest BCUT2D eigenvalue weighted by atomic mass is 10.1. The number of hydrogen-bond acceptors (Lipinski definition) is 3. The van der Waals surface area contributed by atoms with Crippen LogP contribution in [-0.4, -0.2) is 18.8 Å². The molecular weight excluding hydrogens is 273 g/mol. The lowest BCUT2D eigenvalue weighted by Gasteiger charge is -2.10. The summed E-state index contributed by atoms with van der Waals surface area (Å²) in [6, 6.07) is 3.74. The Labute approximate surface area is 114 Å². The Balaban J connectivity index is 2.59. The Bertz CT molecular complexity index is 499. The average molecular weight is 288 g/mol. The molecule has 1 aromatic rings. The van der Waals surface area contributed by atoms with Crippen molar-refractivity contribution in [3.05, 3.63) is 29.8 Å². The van der Waals surface area contributed by atoms with Gasteiger partial charge >= 0.3 is 6.36 Å². The second-order valence-corrected chi connectivity index (χ2v) is 4.01. The minimum absolute atomic E-state index is 0.119. The van der Waals surface area contributed by atoms with Crippen LogP contribution in [0, 0.1) is 0 Å². The first-order valence-electron chi connectivity index (χ1n) is 5.84. The van der Waals surface area contributed by atoms with Crippen LogP contribution < -0.4 is 15.8 Å². The van der Waals surface area contributed by atoms with E-state index >= 15 is 0 Å². The van der Waals surface area contributed by atoms with E-state index in [0.29, 0.717) is 18.5 Å². The van der Waals surface area contributed by atoms with E-state index in [-0.39, 0.29) is 17.3 Å². The monoisotopic (exact) mass is 288 g/mol. The summed E-state index contributed by atoms with van der Waals surface area (Å²) in [6.07, 6.45) is -0.692. The van der Waals surface area contributed by atoms with Crippen molar-refractivity contribution in [1.82, 2.24) is 5.32 Å². The van der Waals surface area contributed by atoms with Gasteiger partial charge in [0.05, 0.1) is 0 Å². The van der Waals surface area contributed by atoms with E-state index in [1.807, 2.05) is 0 Å². The molecule has 1 amide bonds. The minimum Gasteiger partial charge on any atom is -0.406 e. The SMILES string of the molecule is CC(=O)NCCC=Cc1ccc(OC(F)(F)F)cc1N. The Morgan fingerprint density at radius 3 is 2.70 bits per heavy atom. The molecule has 0 saturated heterocycles. The number of halogens is 3. The highest BCUT2D eigenvalue weighted by Crippen LogP contribution is 2.26. The molecule has 0 bridgehead atoms. The van der Waals surface area contributed by atoms with Gasteiger partial charge in [-0.1, -0.05) is 12.2 Å². The number of hydrogen-bond donors (Lipinski definition) is 2. The lowest BCUT2D eigenvalue weighted by Crippen LogP contribution is -2.20. The number of rotatable bonds is 5. The molecule has 110 valence electrons. The van der Waals surface area contributed by atoms with Crippen LogP contribution in [0.15, 0.2) is 24.3 Å². The van der Waals surface area contributed by atoms with Crippen LogP contribution in [-0.2, 0) is 4.79 Å². The molecule has 7 heteroatoms. The van der Waals surface area contributed by atoms with Crippen molar-refractivity contribution < 1.29 is 22.7 Å². The van der Waals surface area contributed by atoms with E-state index in [4.69, 9.17) is 5.73 Å². The molecule has 1 rings (SSSR count). The minimum atomic E-state index is -4.73. The van der Waals surface area contributed by atoms with Crippen LogP contribution in [0.25, 0.3) is 6.08 Å². The van der Waals surface area contributed by atoms with Crippen LogP contribution in [0.2, 0.25) is 0 Å². The quantitative estimate of drug-likeness (QED) is 0.647. The molecule has 0 aromatic heterocycles. The largest absolute Gasteiger partial charge is 0.573 e. The fourth-order valence-corrected chi connectivity index (χ4v) is 1.44. The summed E-state index contributed by atoms with van der Waals surface area (Å²) in [5.41, 5.74) is 6.40. The molecule has 0 atom stereocenters. The smallest absolute Gasteiger partial charge is 0.406 e. The highest BCUT2D eigenvalue weighted by molar-refractivity contribution is 5.72. The van der Waals surface area contributed by atoms with Gasteiger partial charge in [-0.05, 0) is 24.1 Å². The topological polar surface area (TPSA) is 64.3 Å². The van der Waals surface area contributed by atoms with E-state index in [0.717, 1.165) is 6.07 Å². The van der Waals surface area contributed by atoms with E-state index in [1.165, 1.54) is 19.1 Å². The number of benzene rings is 1.